The Morgan fingerprint density at radius 1 is 0.268 bits per heavy atom. The molecule has 0 saturated heterocycles. The van der Waals surface area contributed by atoms with Crippen LogP contribution >= 0.6 is 0 Å². The van der Waals surface area contributed by atoms with Gasteiger partial charge in [0.15, 0.2) is 0 Å². The van der Waals surface area contributed by atoms with Crippen molar-refractivity contribution in [2.45, 2.75) is 0 Å². The molecule has 0 heterocycles. The molecule has 0 bridgehead atoms. The van der Waals surface area contributed by atoms with Crippen molar-refractivity contribution >= 4 is 60.2 Å². The molecule has 0 radical (unpaired) electrons. The minimum absolute atomic E-state index is 1.13. The van der Waals surface area contributed by atoms with Gasteiger partial charge in [0.05, 0.1) is 0 Å². The zero-order valence-electron chi connectivity index (χ0n) is 22.5. The van der Waals surface area contributed by atoms with Crippen molar-refractivity contribution in [3.63, 3.8) is 0 Å². The number of nitrogens with zero attached hydrogens (tertiary/aromatic N) is 1. The Balaban J connectivity index is 1.40. The van der Waals surface area contributed by atoms with Gasteiger partial charge in [0.25, 0.3) is 0 Å². The van der Waals surface area contributed by atoms with Crippen molar-refractivity contribution in [1.82, 2.24) is 0 Å². The largest absolute Gasteiger partial charge is 0.310 e. The lowest BCUT2D eigenvalue weighted by Crippen LogP contribution is -2.10. The van der Waals surface area contributed by atoms with E-state index in [1.165, 1.54) is 54.2 Å². The van der Waals surface area contributed by atoms with Crippen LogP contribution < -0.4 is 4.90 Å². The summed E-state index contributed by atoms with van der Waals surface area (Å²) in [5, 5.41) is 10.2. The first kappa shape index (κ1) is 23.5. The molecule has 0 atom stereocenters. The lowest BCUT2D eigenvalue weighted by atomic mass is 9.94. The highest BCUT2D eigenvalue weighted by atomic mass is 15.1. The number of rotatable bonds is 4. The van der Waals surface area contributed by atoms with Gasteiger partial charge in [0, 0.05) is 17.1 Å². The van der Waals surface area contributed by atoms with Gasteiger partial charge in [-0.1, -0.05) is 127 Å². The highest BCUT2D eigenvalue weighted by Crippen LogP contribution is 2.42. The summed E-state index contributed by atoms with van der Waals surface area (Å²) >= 11 is 0. The number of hydrogen-bond acceptors (Lipinski definition) is 1. The van der Waals surface area contributed by atoms with Crippen molar-refractivity contribution < 1.29 is 0 Å². The van der Waals surface area contributed by atoms with Crippen LogP contribution in [0.15, 0.2) is 164 Å². The van der Waals surface area contributed by atoms with E-state index in [-0.39, 0.29) is 0 Å². The SMILES string of the molecule is c1ccc(-c2cccc(N(c3ccc4ccccc4c3)c3ccc4c5ccccc5c5ccccc5c4c3)c2)cc1. The number of benzene rings is 8. The van der Waals surface area contributed by atoms with Crippen LogP contribution in [0, 0.1) is 0 Å². The van der Waals surface area contributed by atoms with Crippen LogP contribution in [0.5, 0.6) is 0 Å². The highest BCUT2D eigenvalue weighted by Gasteiger charge is 2.16. The molecule has 0 spiro atoms. The van der Waals surface area contributed by atoms with E-state index in [4.69, 9.17) is 0 Å². The van der Waals surface area contributed by atoms with Crippen molar-refractivity contribution in [2.24, 2.45) is 0 Å². The van der Waals surface area contributed by atoms with Crippen molar-refractivity contribution in [3.8, 4) is 11.1 Å². The van der Waals surface area contributed by atoms with E-state index in [2.05, 4.69) is 169 Å². The van der Waals surface area contributed by atoms with Gasteiger partial charge in [0.1, 0.15) is 0 Å². The summed E-state index contributed by atoms with van der Waals surface area (Å²) in [6.45, 7) is 0. The van der Waals surface area contributed by atoms with Crippen LogP contribution in [0.4, 0.5) is 17.1 Å². The van der Waals surface area contributed by atoms with E-state index in [0.29, 0.717) is 0 Å². The van der Waals surface area contributed by atoms with Crippen LogP contribution in [0.2, 0.25) is 0 Å². The molecule has 0 saturated carbocycles. The molecule has 0 unspecified atom stereocenters. The fourth-order valence-electron chi connectivity index (χ4n) is 6.25. The molecule has 192 valence electrons. The number of hydrogen-bond donors (Lipinski definition) is 0. The van der Waals surface area contributed by atoms with Gasteiger partial charge in [-0.3, -0.25) is 0 Å². The summed E-state index contributed by atoms with van der Waals surface area (Å²) in [5.74, 6) is 0. The Labute approximate surface area is 239 Å². The lowest BCUT2D eigenvalue weighted by molar-refractivity contribution is 1.29. The fraction of sp³-hybridized carbons (Fsp3) is 0. The normalized spacial score (nSPS) is 11.4. The van der Waals surface area contributed by atoms with Crippen molar-refractivity contribution in [3.05, 3.63) is 164 Å². The molecule has 0 N–H and O–H groups in total. The molecule has 0 fully saturated rings. The zero-order chi connectivity index (χ0) is 27.2. The second kappa shape index (κ2) is 9.66. The Bertz CT molecular complexity index is 2180. The lowest BCUT2D eigenvalue weighted by Gasteiger charge is -2.27. The average molecular weight is 522 g/mol. The second-order valence-electron chi connectivity index (χ2n) is 10.6. The molecule has 8 rings (SSSR count). The van der Waals surface area contributed by atoms with Gasteiger partial charge in [-0.2, -0.15) is 0 Å². The first-order valence-electron chi connectivity index (χ1n) is 14.1. The van der Waals surface area contributed by atoms with E-state index in [0.717, 1.165) is 17.1 Å². The molecule has 0 amide bonds. The van der Waals surface area contributed by atoms with E-state index < -0.39 is 0 Å². The number of anilines is 3. The fourth-order valence-corrected chi connectivity index (χ4v) is 6.25. The van der Waals surface area contributed by atoms with E-state index in [1.54, 1.807) is 0 Å². The minimum Gasteiger partial charge on any atom is -0.310 e. The highest BCUT2D eigenvalue weighted by molar-refractivity contribution is 6.25. The average Bonchev–Trinajstić information content (AvgIpc) is 3.05. The predicted octanol–water partition coefficient (Wildman–Crippen LogP) is 11.4. The van der Waals surface area contributed by atoms with Crippen molar-refractivity contribution in [1.29, 1.82) is 0 Å². The van der Waals surface area contributed by atoms with Gasteiger partial charge >= 0.3 is 0 Å². The summed E-state index contributed by atoms with van der Waals surface area (Å²) in [6, 6.07) is 59.3. The zero-order valence-corrected chi connectivity index (χ0v) is 22.5. The molecular formula is C40H27N. The van der Waals surface area contributed by atoms with Crippen LogP contribution in [-0.2, 0) is 0 Å². The maximum Gasteiger partial charge on any atom is 0.0468 e. The quantitative estimate of drug-likeness (QED) is 0.208. The van der Waals surface area contributed by atoms with Gasteiger partial charge < -0.3 is 4.90 Å². The first-order valence-corrected chi connectivity index (χ1v) is 14.1. The summed E-state index contributed by atoms with van der Waals surface area (Å²) in [4.78, 5) is 2.39. The first-order chi connectivity index (χ1) is 20.3. The third-order valence-electron chi connectivity index (χ3n) is 8.19. The van der Waals surface area contributed by atoms with E-state index in [1.807, 2.05) is 0 Å². The topological polar surface area (TPSA) is 3.24 Å². The van der Waals surface area contributed by atoms with Gasteiger partial charge in [0.2, 0.25) is 0 Å². The van der Waals surface area contributed by atoms with Gasteiger partial charge in [-0.25, -0.2) is 0 Å². The molecule has 0 aromatic heterocycles. The Kier molecular flexibility index (Phi) is 5.53. The van der Waals surface area contributed by atoms with Crippen LogP contribution in [0.3, 0.4) is 0 Å². The third-order valence-corrected chi connectivity index (χ3v) is 8.19. The standard InChI is InChI=1S/C40H27N/c1-2-11-28(12-3-1)31-15-10-16-32(25-31)41(33-22-21-29-13-4-5-14-30(29)26-33)34-23-24-39-37-19-7-6-17-35(37)36-18-8-9-20-38(36)40(39)27-34/h1-27H. The van der Waals surface area contributed by atoms with Crippen LogP contribution in [0.25, 0.3) is 54.2 Å². The predicted molar refractivity (Wildman–Crippen MR) is 177 cm³/mol. The molecule has 0 aliphatic heterocycles. The summed E-state index contributed by atoms with van der Waals surface area (Å²) < 4.78 is 0. The molecule has 8 aromatic carbocycles. The second-order valence-corrected chi connectivity index (χ2v) is 10.6. The maximum atomic E-state index is 2.39. The molecule has 8 aromatic rings. The van der Waals surface area contributed by atoms with Crippen LogP contribution in [0.1, 0.15) is 0 Å². The molecule has 0 aliphatic rings. The Hall–Kier alpha value is -5.40. The van der Waals surface area contributed by atoms with Crippen molar-refractivity contribution in [2.75, 3.05) is 4.90 Å². The van der Waals surface area contributed by atoms with Gasteiger partial charge in [-0.15, -0.1) is 0 Å². The Morgan fingerprint density at radius 2 is 0.780 bits per heavy atom. The smallest absolute Gasteiger partial charge is 0.0468 e. The Morgan fingerprint density at radius 3 is 1.51 bits per heavy atom. The minimum atomic E-state index is 1.13. The van der Waals surface area contributed by atoms with Crippen LogP contribution in [-0.4, -0.2) is 0 Å². The molecule has 0 aliphatic carbocycles. The molecule has 41 heavy (non-hydrogen) atoms. The van der Waals surface area contributed by atoms with E-state index in [9.17, 15) is 0 Å². The number of fused-ring (bicyclic) bond motifs is 7. The maximum absolute atomic E-state index is 2.39. The third kappa shape index (κ3) is 4.02. The van der Waals surface area contributed by atoms with Gasteiger partial charge in [-0.05, 0) is 90.6 Å². The summed E-state index contributed by atoms with van der Waals surface area (Å²) in [5.41, 5.74) is 5.82. The summed E-state index contributed by atoms with van der Waals surface area (Å²) in [7, 11) is 0. The molecular weight excluding hydrogens is 494 g/mol. The molecule has 1 nitrogen and oxygen atoms in total. The summed E-state index contributed by atoms with van der Waals surface area (Å²) in [6.07, 6.45) is 0. The molecule has 1 heteroatoms. The van der Waals surface area contributed by atoms with E-state index >= 15 is 0 Å². The monoisotopic (exact) mass is 521 g/mol.